The second kappa shape index (κ2) is 12.4. The van der Waals surface area contributed by atoms with Crippen molar-refractivity contribution in [1.29, 1.82) is 5.26 Å². The number of aromatic nitrogens is 2. The zero-order chi connectivity index (χ0) is 34.6. The van der Waals surface area contributed by atoms with Gasteiger partial charge in [-0.15, -0.1) is 22.7 Å². The molecule has 0 saturated carbocycles. The van der Waals surface area contributed by atoms with E-state index in [0.29, 0.717) is 11.4 Å². The molecule has 0 aliphatic heterocycles. The second-order valence-electron chi connectivity index (χ2n) is 12.9. The molecule has 0 aliphatic carbocycles. The summed E-state index contributed by atoms with van der Waals surface area (Å²) in [4.78, 5) is 10.3. The summed E-state index contributed by atoms with van der Waals surface area (Å²) in [6.07, 6.45) is 0. The van der Waals surface area contributed by atoms with Crippen LogP contribution in [0.25, 0.3) is 96.5 Å². The lowest BCUT2D eigenvalue weighted by Crippen LogP contribution is -1.97. The smallest absolute Gasteiger partial charge is 0.160 e. The van der Waals surface area contributed by atoms with Gasteiger partial charge >= 0.3 is 0 Å². The molecule has 0 aliphatic rings. The molecule has 3 aromatic heterocycles. The highest BCUT2D eigenvalue weighted by Crippen LogP contribution is 2.45. The maximum atomic E-state index is 9.71. The van der Waals surface area contributed by atoms with Crippen LogP contribution in [0.5, 0.6) is 0 Å². The largest absolute Gasteiger partial charge is 0.228 e. The quantitative estimate of drug-likeness (QED) is 0.180. The Morgan fingerprint density at radius 2 is 0.904 bits per heavy atom. The third kappa shape index (κ3) is 5.17. The molecule has 0 bridgehead atoms. The first-order valence-corrected chi connectivity index (χ1v) is 18.8. The van der Waals surface area contributed by atoms with Crippen molar-refractivity contribution in [2.24, 2.45) is 0 Å². The third-order valence-corrected chi connectivity index (χ3v) is 12.1. The van der Waals surface area contributed by atoms with Gasteiger partial charge in [-0.3, -0.25) is 0 Å². The van der Waals surface area contributed by atoms with E-state index in [2.05, 4.69) is 115 Å². The molecular formula is C47H27N3S2. The van der Waals surface area contributed by atoms with Crippen molar-refractivity contribution in [3.05, 3.63) is 169 Å². The zero-order valence-corrected chi connectivity index (χ0v) is 29.4. The summed E-state index contributed by atoms with van der Waals surface area (Å²) in [5.41, 5.74) is 9.66. The molecule has 5 heteroatoms. The summed E-state index contributed by atoms with van der Waals surface area (Å²) < 4.78 is 5.11. The van der Waals surface area contributed by atoms with Crippen LogP contribution in [0.2, 0.25) is 0 Å². The van der Waals surface area contributed by atoms with E-state index in [-0.39, 0.29) is 0 Å². The number of nitriles is 1. The SMILES string of the molecule is N#Cc1cccc(-c2cc(-c3cc(-c4cccc5c4sc4ccccc45)cc(-c4cccc5c4sc4ccccc45)c3)nc(-c3ccccc3)n2)c1. The minimum atomic E-state index is 0.594. The van der Waals surface area contributed by atoms with E-state index in [1.807, 2.05) is 77.3 Å². The number of fused-ring (bicyclic) bond motifs is 6. The van der Waals surface area contributed by atoms with Gasteiger partial charge in [0.15, 0.2) is 5.82 Å². The van der Waals surface area contributed by atoms with Crippen LogP contribution in [0, 0.1) is 11.3 Å². The molecule has 0 fully saturated rings. The van der Waals surface area contributed by atoms with Crippen LogP contribution in [0.1, 0.15) is 5.56 Å². The fraction of sp³-hybridized carbons (Fsp3) is 0. The van der Waals surface area contributed by atoms with Crippen LogP contribution in [0.15, 0.2) is 164 Å². The molecule has 7 aromatic carbocycles. The minimum Gasteiger partial charge on any atom is -0.228 e. The van der Waals surface area contributed by atoms with Crippen LogP contribution in [0.3, 0.4) is 0 Å². The average molecular weight is 698 g/mol. The molecular weight excluding hydrogens is 671 g/mol. The predicted molar refractivity (Wildman–Crippen MR) is 220 cm³/mol. The van der Waals surface area contributed by atoms with Gasteiger partial charge in [0.1, 0.15) is 0 Å². The van der Waals surface area contributed by atoms with Gasteiger partial charge in [-0.05, 0) is 70.8 Å². The molecule has 3 heterocycles. The monoisotopic (exact) mass is 697 g/mol. The normalized spacial score (nSPS) is 11.4. The first-order chi connectivity index (χ1) is 25.7. The van der Waals surface area contributed by atoms with Crippen LogP contribution < -0.4 is 0 Å². The Morgan fingerprint density at radius 1 is 0.404 bits per heavy atom. The standard InChI is InChI=1S/C47H27N3S2/c48-28-29-11-8-14-31(23-29)41-27-42(50-47(49-41)30-12-2-1-3-13-30)34-25-32(35-17-9-19-39-37-15-4-6-21-43(37)51-45(35)39)24-33(26-34)36-18-10-20-40-38-16-5-7-22-44(38)52-46(36)40/h1-27H. The lowest BCUT2D eigenvalue weighted by molar-refractivity contribution is 1.18. The molecule has 242 valence electrons. The van der Waals surface area contributed by atoms with Crippen LogP contribution >= 0.6 is 22.7 Å². The fourth-order valence-electron chi connectivity index (χ4n) is 7.24. The molecule has 0 N–H and O–H groups in total. The Hall–Kier alpha value is -6.45. The number of hydrogen-bond donors (Lipinski definition) is 0. The molecule has 0 spiro atoms. The van der Waals surface area contributed by atoms with Crippen molar-refractivity contribution in [3.8, 4) is 62.2 Å². The van der Waals surface area contributed by atoms with E-state index >= 15 is 0 Å². The summed E-state index contributed by atoms with van der Waals surface area (Å²) in [5.74, 6) is 0.639. The molecule has 10 aromatic rings. The van der Waals surface area contributed by atoms with Crippen LogP contribution in [-0.4, -0.2) is 9.97 Å². The Bertz CT molecular complexity index is 2910. The van der Waals surface area contributed by atoms with Gasteiger partial charge in [0.2, 0.25) is 0 Å². The van der Waals surface area contributed by atoms with Gasteiger partial charge < -0.3 is 0 Å². The molecule has 0 unspecified atom stereocenters. The number of benzene rings is 7. The number of thiophene rings is 2. The van der Waals surface area contributed by atoms with E-state index in [4.69, 9.17) is 9.97 Å². The maximum absolute atomic E-state index is 9.71. The Morgan fingerprint density at radius 3 is 1.52 bits per heavy atom. The van der Waals surface area contributed by atoms with E-state index in [1.54, 1.807) is 0 Å². The first-order valence-electron chi connectivity index (χ1n) is 17.1. The number of hydrogen-bond acceptors (Lipinski definition) is 5. The zero-order valence-electron chi connectivity index (χ0n) is 27.7. The van der Waals surface area contributed by atoms with E-state index in [9.17, 15) is 5.26 Å². The molecule has 3 nitrogen and oxygen atoms in total. The van der Waals surface area contributed by atoms with E-state index in [0.717, 1.165) is 39.2 Å². The summed E-state index contributed by atoms with van der Waals surface area (Å²) in [6.45, 7) is 0. The topological polar surface area (TPSA) is 49.6 Å². The van der Waals surface area contributed by atoms with Crippen molar-refractivity contribution in [2.45, 2.75) is 0 Å². The molecule has 52 heavy (non-hydrogen) atoms. The molecule has 10 rings (SSSR count). The van der Waals surface area contributed by atoms with Crippen LogP contribution in [0.4, 0.5) is 0 Å². The summed E-state index contributed by atoms with van der Waals surface area (Å²) in [6, 6.07) is 59.6. The number of rotatable bonds is 5. The molecule has 0 radical (unpaired) electrons. The van der Waals surface area contributed by atoms with Crippen molar-refractivity contribution >= 4 is 63.0 Å². The van der Waals surface area contributed by atoms with Crippen molar-refractivity contribution in [3.63, 3.8) is 0 Å². The van der Waals surface area contributed by atoms with Gasteiger partial charge in [0.25, 0.3) is 0 Å². The van der Waals surface area contributed by atoms with Gasteiger partial charge in [-0.1, -0.05) is 115 Å². The molecule has 0 atom stereocenters. The lowest BCUT2D eigenvalue weighted by Gasteiger charge is -2.14. The van der Waals surface area contributed by atoms with Gasteiger partial charge in [0, 0.05) is 57.0 Å². The Balaban J connectivity index is 1.26. The highest BCUT2D eigenvalue weighted by molar-refractivity contribution is 7.26. The molecule has 0 saturated heterocycles. The summed E-state index contributed by atoms with van der Waals surface area (Å²) >= 11 is 3.69. The average Bonchev–Trinajstić information content (AvgIpc) is 3.80. The highest BCUT2D eigenvalue weighted by Gasteiger charge is 2.18. The van der Waals surface area contributed by atoms with Crippen molar-refractivity contribution < 1.29 is 0 Å². The second-order valence-corrected chi connectivity index (χ2v) is 15.0. The summed E-state index contributed by atoms with van der Waals surface area (Å²) in [7, 11) is 0. The number of nitrogens with zero attached hydrogens (tertiary/aromatic N) is 3. The fourth-order valence-corrected chi connectivity index (χ4v) is 9.72. The van der Waals surface area contributed by atoms with Crippen molar-refractivity contribution in [2.75, 3.05) is 0 Å². The van der Waals surface area contributed by atoms with Crippen LogP contribution in [-0.2, 0) is 0 Å². The first kappa shape index (κ1) is 30.4. The van der Waals surface area contributed by atoms with Gasteiger partial charge in [-0.25, -0.2) is 9.97 Å². The van der Waals surface area contributed by atoms with E-state index < -0.39 is 0 Å². The van der Waals surface area contributed by atoms with Gasteiger partial charge in [0.05, 0.1) is 23.0 Å². The Kier molecular flexibility index (Phi) is 7.24. The highest BCUT2D eigenvalue weighted by atomic mass is 32.1. The lowest BCUT2D eigenvalue weighted by atomic mass is 9.93. The maximum Gasteiger partial charge on any atom is 0.160 e. The van der Waals surface area contributed by atoms with Crippen molar-refractivity contribution in [1.82, 2.24) is 9.97 Å². The minimum absolute atomic E-state index is 0.594. The molecule has 0 amide bonds. The van der Waals surface area contributed by atoms with Gasteiger partial charge in [-0.2, -0.15) is 5.26 Å². The summed E-state index contributed by atoms with van der Waals surface area (Å²) in [5, 5.41) is 14.8. The third-order valence-electron chi connectivity index (χ3n) is 9.70. The Labute approximate surface area is 308 Å². The predicted octanol–water partition coefficient (Wildman–Crippen LogP) is 13.4. The van der Waals surface area contributed by atoms with E-state index in [1.165, 1.54) is 51.5 Å².